The van der Waals surface area contributed by atoms with Crippen molar-refractivity contribution in [3.05, 3.63) is 115 Å². The molecule has 5 rings (SSSR count). The first kappa shape index (κ1) is 20.0. The van der Waals surface area contributed by atoms with Gasteiger partial charge in [-0.25, -0.2) is 13.4 Å². The molecular formula is C26H21N3O2S. The number of nitrogens with zero attached hydrogens (tertiary/aromatic N) is 2. The molecule has 1 aromatic heterocycles. The van der Waals surface area contributed by atoms with E-state index in [4.69, 9.17) is 4.98 Å². The monoisotopic (exact) mass is 439 g/mol. The minimum absolute atomic E-state index is 0.0837. The van der Waals surface area contributed by atoms with Gasteiger partial charge in [-0.15, -0.1) is 0 Å². The van der Waals surface area contributed by atoms with Crippen molar-refractivity contribution in [3.8, 4) is 17.1 Å². The molecule has 0 fully saturated rings. The Morgan fingerprint density at radius 2 is 1.38 bits per heavy atom. The van der Waals surface area contributed by atoms with Crippen LogP contribution in [0, 0.1) is 0 Å². The molecule has 0 unspecified atom stereocenters. The average molecular weight is 440 g/mol. The van der Waals surface area contributed by atoms with Crippen LogP contribution in [0.25, 0.3) is 28.1 Å². The topological polar surface area (TPSA) is 64.0 Å². The molecule has 0 aliphatic rings. The highest BCUT2D eigenvalue weighted by atomic mass is 32.2. The zero-order chi connectivity index (χ0) is 22.0. The van der Waals surface area contributed by atoms with Crippen molar-refractivity contribution in [2.24, 2.45) is 0 Å². The van der Waals surface area contributed by atoms with Gasteiger partial charge in [-0.3, -0.25) is 9.29 Å². The molecule has 0 aliphatic heterocycles. The van der Waals surface area contributed by atoms with Gasteiger partial charge in [-0.1, -0.05) is 78.9 Å². The summed E-state index contributed by atoms with van der Waals surface area (Å²) in [5, 5.41) is 0. The first-order valence-electron chi connectivity index (χ1n) is 10.3. The Hall–Kier alpha value is -3.90. The van der Waals surface area contributed by atoms with Gasteiger partial charge in [0.15, 0.2) is 0 Å². The molecule has 0 radical (unpaired) electrons. The number of aromatic nitrogens is 2. The van der Waals surface area contributed by atoms with Crippen LogP contribution >= 0.6 is 0 Å². The second-order valence-corrected chi connectivity index (χ2v) is 9.24. The van der Waals surface area contributed by atoms with Crippen molar-refractivity contribution in [1.82, 2.24) is 9.55 Å². The summed E-state index contributed by atoms with van der Waals surface area (Å²) < 4.78 is 30.1. The molecule has 1 heterocycles. The molecule has 1 N–H and O–H groups in total. The van der Waals surface area contributed by atoms with Gasteiger partial charge in [-0.2, -0.15) is 0 Å². The highest BCUT2D eigenvalue weighted by Gasteiger charge is 2.16. The molecule has 0 atom stereocenters. The van der Waals surface area contributed by atoms with Crippen molar-refractivity contribution < 1.29 is 8.42 Å². The smallest absolute Gasteiger partial charge is 0.236 e. The Morgan fingerprint density at radius 3 is 2.06 bits per heavy atom. The maximum Gasteiger partial charge on any atom is 0.236 e. The number of hydrogen-bond donors (Lipinski definition) is 1. The molecular weight excluding hydrogens is 418 g/mol. The zero-order valence-electron chi connectivity index (χ0n) is 17.2. The van der Waals surface area contributed by atoms with Crippen molar-refractivity contribution in [1.29, 1.82) is 0 Å². The Labute approximate surface area is 187 Å². The minimum Gasteiger partial charge on any atom is -0.292 e. The summed E-state index contributed by atoms with van der Waals surface area (Å²) in [7, 11) is -3.55. The first-order chi connectivity index (χ1) is 15.6. The van der Waals surface area contributed by atoms with E-state index in [2.05, 4.69) is 9.29 Å². The van der Waals surface area contributed by atoms with Gasteiger partial charge in [0.1, 0.15) is 5.82 Å². The number of hydrogen-bond acceptors (Lipinski definition) is 3. The number of sulfonamides is 1. The van der Waals surface area contributed by atoms with E-state index in [-0.39, 0.29) is 5.75 Å². The standard InChI is InChI=1S/C26H21N3O2S/c30-32(31,19-20-10-4-1-5-11-20)28-22-16-17-25-24(18-22)27-26(21-12-6-2-7-13-21)29(25)23-14-8-3-9-15-23/h1-18,28H,19H2. The molecule has 5 aromatic rings. The Morgan fingerprint density at radius 1 is 0.750 bits per heavy atom. The van der Waals surface area contributed by atoms with E-state index < -0.39 is 10.0 Å². The number of rotatable bonds is 6. The molecule has 158 valence electrons. The number of anilines is 1. The first-order valence-corrected chi connectivity index (χ1v) is 11.9. The molecule has 0 spiro atoms. The average Bonchev–Trinajstić information content (AvgIpc) is 3.19. The molecule has 32 heavy (non-hydrogen) atoms. The van der Waals surface area contributed by atoms with E-state index in [0.29, 0.717) is 11.2 Å². The molecule has 6 heteroatoms. The Bertz CT molecular complexity index is 1460. The third-order valence-corrected chi connectivity index (χ3v) is 6.43. The van der Waals surface area contributed by atoms with E-state index >= 15 is 0 Å². The molecule has 4 aromatic carbocycles. The van der Waals surface area contributed by atoms with Crippen LogP contribution in [0.15, 0.2) is 109 Å². The highest BCUT2D eigenvalue weighted by molar-refractivity contribution is 7.91. The zero-order valence-corrected chi connectivity index (χ0v) is 18.0. The lowest BCUT2D eigenvalue weighted by molar-refractivity contribution is 0.600. The molecule has 0 bridgehead atoms. The van der Waals surface area contributed by atoms with Crippen LogP contribution in [0.1, 0.15) is 5.56 Å². The third kappa shape index (κ3) is 4.13. The van der Waals surface area contributed by atoms with Gasteiger partial charge in [0.05, 0.1) is 22.5 Å². The molecule has 0 saturated heterocycles. The van der Waals surface area contributed by atoms with E-state index in [1.54, 1.807) is 24.3 Å². The van der Waals surface area contributed by atoms with Crippen LogP contribution in [-0.4, -0.2) is 18.0 Å². The van der Waals surface area contributed by atoms with E-state index in [0.717, 1.165) is 28.2 Å². The third-order valence-electron chi connectivity index (χ3n) is 5.17. The van der Waals surface area contributed by atoms with Crippen molar-refractivity contribution >= 4 is 26.7 Å². The van der Waals surface area contributed by atoms with Crippen LogP contribution in [0.2, 0.25) is 0 Å². The summed E-state index contributed by atoms with van der Waals surface area (Å²) in [5.41, 5.74) is 4.82. The lowest BCUT2D eigenvalue weighted by atomic mass is 10.2. The fourth-order valence-electron chi connectivity index (χ4n) is 3.77. The van der Waals surface area contributed by atoms with Crippen LogP contribution in [-0.2, 0) is 15.8 Å². The minimum atomic E-state index is -3.55. The van der Waals surface area contributed by atoms with Gasteiger partial charge < -0.3 is 0 Å². The fraction of sp³-hybridized carbons (Fsp3) is 0.0385. The van der Waals surface area contributed by atoms with Crippen LogP contribution in [0.4, 0.5) is 5.69 Å². The maximum atomic E-state index is 12.7. The number of para-hydroxylation sites is 1. The summed E-state index contributed by atoms with van der Waals surface area (Å²) in [6.07, 6.45) is 0. The molecule has 0 amide bonds. The van der Waals surface area contributed by atoms with Gasteiger partial charge >= 0.3 is 0 Å². The predicted molar refractivity (Wildman–Crippen MR) is 129 cm³/mol. The maximum absolute atomic E-state index is 12.7. The SMILES string of the molecule is O=S(=O)(Cc1ccccc1)Nc1ccc2c(c1)nc(-c1ccccc1)n2-c1ccccc1. The lowest BCUT2D eigenvalue weighted by Gasteiger charge is -2.10. The van der Waals surface area contributed by atoms with E-state index in [1.165, 1.54) is 0 Å². The summed E-state index contributed by atoms with van der Waals surface area (Å²) in [4.78, 5) is 4.86. The van der Waals surface area contributed by atoms with Gasteiger partial charge in [0.2, 0.25) is 10.0 Å². The molecule has 5 nitrogen and oxygen atoms in total. The van der Waals surface area contributed by atoms with Crippen LogP contribution in [0.5, 0.6) is 0 Å². The number of nitrogens with one attached hydrogen (secondary N) is 1. The second-order valence-electron chi connectivity index (χ2n) is 7.52. The van der Waals surface area contributed by atoms with Crippen molar-refractivity contribution in [3.63, 3.8) is 0 Å². The van der Waals surface area contributed by atoms with E-state index in [1.807, 2.05) is 84.9 Å². The quantitative estimate of drug-likeness (QED) is 0.373. The summed E-state index contributed by atoms with van der Waals surface area (Å²) in [6.45, 7) is 0. The Kier molecular flexibility index (Phi) is 5.21. The van der Waals surface area contributed by atoms with Gasteiger partial charge in [0, 0.05) is 11.3 Å². The largest absolute Gasteiger partial charge is 0.292 e. The van der Waals surface area contributed by atoms with Crippen LogP contribution < -0.4 is 4.72 Å². The summed E-state index contributed by atoms with van der Waals surface area (Å²) >= 11 is 0. The second kappa shape index (κ2) is 8.32. The van der Waals surface area contributed by atoms with E-state index in [9.17, 15) is 8.42 Å². The van der Waals surface area contributed by atoms with Crippen molar-refractivity contribution in [2.45, 2.75) is 5.75 Å². The summed E-state index contributed by atoms with van der Waals surface area (Å²) in [6, 6.07) is 34.6. The molecule has 0 saturated carbocycles. The van der Waals surface area contributed by atoms with Crippen LogP contribution in [0.3, 0.4) is 0 Å². The Balaban J connectivity index is 1.56. The number of benzene rings is 4. The number of fused-ring (bicyclic) bond motifs is 1. The van der Waals surface area contributed by atoms with Gasteiger partial charge in [-0.05, 0) is 35.9 Å². The predicted octanol–water partition coefficient (Wildman–Crippen LogP) is 5.63. The molecule has 0 aliphatic carbocycles. The normalized spacial score (nSPS) is 11.5. The van der Waals surface area contributed by atoms with Crippen molar-refractivity contribution in [2.75, 3.05) is 4.72 Å². The summed E-state index contributed by atoms with van der Waals surface area (Å²) in [5.74, 6) is 0.718. The highest BCUT2D eigenvalue weighted by Crippen LogP contribution is 2.30. The fourth-order valence-corrected chi connectivity index (χ4v) is 4.96. The number of imidazole rings is 1. The van der Waals surface area contributed by atoms with Gasteiger partial charge in [0.25, 0.3) is 0 Å². The lowest BCUT2D eigenvalue weighted by Crippen LogP contribution is -2.15.